The molecule has 2 aromatic carbocycles. The molecule has 0 spiro atoms. The third kappa shape index (κ3) is 2.23. The Bertz CT molecular complexity index is 700. The van der Waals surface area contributed by atoms with Gasteiger partial charge in [-0.2, -0.15) is 0 Å². The lowest BCUT2D eigenvalue weighted by molar-refractivity contribution is -0.384. The number of β-lactam (4-membered cyclic amide) rings is 1. The number of nitro benzene ring substituents is 1. The van der Waals surface area contributed by atoms with Gasteiger partial charge in [-0.3, -0.25) is 19.8 Å². The summed E-state index contributed by atoms with van der Waals surface area (Å²) in [5.74, 6) is -0.114. The number of carbonyl (C=O) groups excluding carboxylic acids is 1. The van der Waals surface area contributed by atoms with Crippen molar-refractivity contribution in [3.63, 3.8) is 0 Å². The van der Waals surface area contributed by atoms with Gasteiger partial charge in [0.15, 0.2) is 6.10 Å². The van der Waals surface area contributed by atoms with E-state index in [1.54, 1.807) is 17.0 Å². The van der Waals surface area contributed by atoms with Crippen LogP contribution in [0.1, 0.15) is 11.6 Å². The lowest BCUT2D eigenvalue weighted by atomic mass is 9.89. The molecule has 0 aliphatic carbocycles. The summed E-state index contributed by atoms with van der Waals surface area (Å²) >= 11 is 0. The van der Waals surface area contributed by atoms with Crippen LogP contribution in [0, 0.1) is 10.1 Å². The van der Waals surface area contributed by atoms with E-state index in [9.17, 15) is 14.9 Å². The van der Waals surface area contributed by atoms with Crippen LogP contribution >= 0.6 is 0 Å². The number of rotatable bonds is 4. The molecule has 1 heterocycles. The second kappa shape index (κ2) is 5.57. The summed E-state index contributed by atoms with van der Waals surface area (Å²) in [6.07, 6.45) is -0.568. The minimum atomic E-state index is -0.568. The summed E-state index contributed by atoms with van der Waals surface area (Å²) in [6, 6.07) is 15.2. The van der Waals surface area contributed by atoms with Crippen molar-refractivity contribution < 1.29 is 14.5 Å². The zero-order valence-corrected chi connectivity index (χ0v) is 11.9. The lowest BCUT2D eigenvalue weighted by Crippen LogP contribution is -2.59. The van der Waals surface area contributed by atoms with Gasteiger partial charge in [0, 0.05) is 24.9 Å². The number of ether oxygens (including phenoxy) is 1. The summed E-state index contributed by atoms with van der Waals surface area (Å²) in [7, 11) is 1.49. The topological polar surface area (TPSA) is 72.7 Å². The molecule has 6 heteroatoms. The van der Waals surface area contributed by atoms with Crippen LogP contribution in [0.3, 0.4) is 0 Å². The summed E-state index contributed by atoms with van der Waals surface area (Å²) in [5, 5.41) is 10.7. The number of carbonyl (C=O) groups is 1. The van der Waals surface area contributed by atoms with E-state index in [1.165, 1.54) is 19.2 Å². The molecule has 2 aromatic rings. The van der Waals surface area contributed by atoms with Crippen molar-refractivity contribution in [2.75, 3.05) is 12.0 Å². The minimum absolute atomic E-state index is 0.0228. The maximum Gasteiger partial charge on any atom is 0.269 e. The Morgan fingerprint density at radius 2 is 1.73 bits per heavy atom. The zero-order valence-electron chi connectivity index (χ0n) is 11.9. The highest BCUT2D eigenvalue weighted by molar-refractivity contribution is 6.05. The maximum atomic E-state index is 12.2. The Labute approximate surface area is 127 Å². The summed E-state index contributed by atoms with van der Waals surface area (Å²) in [6.45, 7) is 0. The van der Waals surface area contributed by atoms with E-state index in [2.05, 4.69) is 0 Å². The predicted octanol–water partition coefficient (Wildman–Crippen LogP) is 2.70. The number of non-ortho nitro benzene ring substituents is 1. The van der Waals surface area contributed by atoms with E-state index in [0.29, 0.717) is 0 Å². The van der Waals surface area contributed by atoms with Gasteiger partial charge in [-0.05, 0) is 17.7 Å². The van der Waals surface area contributed by atoms with Crippen LogP contribution < -0.4 is 4.90 Å². The van der Waals surface area contributed by atoms with Crippen LogP contribution in [0.5, 0.6) is 0 Å². The van der Waals surface area contributed by atoms with Gasteiger partial charge in [0.1, 0.15) is 0 Å². The smallest absolute Gasteiger partial charge is 0.269 e. The molecule has 0 bridgehead atoms. The largest absolute Gasteiger partial charge is 0.369 e. The molecule has 1 amide bonds. The van der Waals surface area contributed by atoms with Crippen LogP contribution in [-0.4, -0.2) is 24.0 Å². The molecule has 0 unspecified atom stereocenters. The van der Waals surface area contributed by atoms with Crippen LogP contribution in [-0.2, 0) is 9.53 Å². The highest BCUT2D eigenvalue weighted by Gasteiger charge is 2.49. The van der Waals surface area contributed by atoms with Gasteiger partial charge in [0.05, 0.1) is 11.0 Å². The Kier molecular flexibility index (Phi) is 3.60. The molecular weight excluding hydrogens is 284 g/mol. The predicted molar refractivity (Wildman–Crippen MR) is 80.6 cm³/mol. The van der Waals surface area contributed by atoms with E-state index in [-0.39, 0.29) is 17.6 Å². The van der Waals surface area contributed by atoms with Crippen LogP contribution in [0.25, 0.3) is 0 Å². The average molecular weight is 298 g/mol. The van der Waals surface area contributed by atoms with Gasteiger partial charge in [0.25, 0.3) is 11.6 Å². The molecule has 1 fully saturated rings. The monoisotopic (exact) mass is 298 g/mol. The lowest BCUT2D eigenvalue weighted by Gasteiger charge is -2.46. The van der Waals surface area contributed by atoms with Crippen LogP contribution in [0.2, 0.25) is 0 Å². The van der Waals surface area contributed by atoms with Crippen molar-refractivity contribution in [1.29, 1.82) is 0 Å². The molecule has 3 rings (SSSR count). The zero-order chi connectivity index (χ0) is 15.7. The van der Waals surface area contributed by atoms with Crippen molar-refractivity contribution >= 4 is 17.3 Å². The number of anilines is 1. The van der Waals surface area contributed by atoms with Crippen molar-refractivity contribution in [1.82, 2.24) is 0 Å². The maximum absolute atomic E-state index is 12.2. The number of benzene rings is 2. The van der Waals surface area contributed by atoms with Crippen molar-refractivity contribution in [2.24, 2.45) is 0 Å². The van der Waals surface area contributed by atoms with Crippen LogP contribution in [0.4, 0.5) is 11.4 Å². The molecule has 0 saturated carbocycles. The number of amides is 1. The number of para-hydroxylation sites is 1. The SMILES string of the molecule is CO[C@@H]1C(=O)N(c2ccccc2)[C@@H]1c1ccc([N+](=O)[O-])cc1. The number of methoxy groups -OCH3 is 1. The first-order chi connectivity index (χ1) is 10.6. The fourth-order valence-corrected chi connectivity index (χ4v) is 2.69. The molecule has 22 heavy (non-hydrogen) atoms. The van der Waals surface area contributed by atoms with Gasteiger partial charge < -0.3 is 4.74 Å². The highest BCUT2D eigenvalue weighted by Crippen LogP contribution is 2.40. The number of nitrogens with zero attached hydrogens (tertiary/aromatic N) is 2. The van der Waals surface area contributed by atoms with Gasteiger partial charge in [0.2, 0.25) is 0 Å². The average Bonchev–Trinajstić information content (AvgIpc) is 2.54. The number of hydrogen-bond donors (Lipinski definition) is 0. The molecule has 0 aromatic heterocycles. The van der Waals surface area contributed by atoms with Gasteiger partial charge in [-0.25, -0.2) is 0 Å². The van der Waals surface area contributed by atoms with Gasteiger partial charge >= 0.3 is 0 Å². The summed E-state index contributed by atoms with van der Waals surface area (Å²) in [4.78, 5) is 24.2. The number of nitro groups is 1. The Balaban J connectivity index is 1.95. The Morgan fingerprint density at radius 3 is 2.27 bits per heavy atom. The molecule has 2 atom stereocenters. The molecule has 112 valence electrons. The molecule has 0 N–H and O–H groups in total. The quantitative estimate of drug-likeness (QED) is 0.494. The summed E-state index contributed by atoms with van der Waals surface area (Å²) < 4.78 is 5.27. The first-order valence-corrected chi connectivity index (χ1v) is 6.78. The van der Waals surface area contributed by atoms with Crippen LogP contribution in [0.15, 0.2) is 54.6 Å². The third-order valence-electron chi connectivity index (χ3n) is 3.78. The Morgan fingerprint density at radius 1 is 1.09 bits per heavy atom. The van der Waals surface area contributed by atoms with Gasteiger partial charge in [-0.1, -0.05) is 30.3 Å². The second-order valence-electron chi connectivity index (χ2n) is 4.99. The standard InChI is InChI=1S/C16H14N2O4/c1-22-15-14(11-7-9-13(10-8-11)18(20)21)17(16(15)19)12-5-3-2-4-6-12/h2-10,14-15H,1H3/t14-,15+/m1/s1. The molecular formula is C16H14N2O4. The highest BCUT2D eigenvalue weighted by atomic mass is 16.6. The summed E-state index contributed by atoms with van der Waals surface area (Å²) in [5.41, 5.74) is 1.61. The van der Waals surface area contributed by atoms with Crippen molar-refractivity contribution in [3.8, 4) is 0 Å². The molecule has 1 aliphatic heterocycles. The molecule has 1 aliphatic rings. The third-order valence-corrected chi connectivity index (χ3v) is 3.78. The van der Waals surface area contributed by atoms with E-state index < -0.39 is 11.0 Å². The Hall–Kier alpha value is -2.73. The first kappa shape index (κ1) is 14.2. The normalized spacial score (nSPS) is 20.6. The van der Waals surface area contributed by atoms with Crippen molar-refractivity contribution in [3.05, 3.63) is 70.3 Å². The molecule has 0 radical (unpaired) electrons. The fraction of sp³-hybridized carbons (Fsp3) is 0.188. The number of hydrogen-bond acceptors (Lipinski definition) is 4. The van der Waals surface area contributed by atoms with Crippen molar-refractivity contribution in [2.45, 2.75) is 12.1 Å². The fourth-order valence-electron chi connectivity index (χ4n) is 2.69. The van der Waals surface area contributed by atoms with Gasteiger partial charge in [-0.15, -0.1) is 0 Å². The second-order valence-corrected chi connectivity index (χ2v) is 4.99. The molecule has 1 saturated heterocycles. The van der Waals surface area contributed by atoms with E-state index in [1.807, 2.05) is 30.3 Å². The van der Waals surface area contributed by atoms with E-state index in [0.717, 1.165) is 11.3 Å². The van der Waals surface area contributed by atoms with E-state index >= 15 is 0 Å². The first-order valence-electron chi connectivity index (χ1n) is 6.78. The minimum Gasteiger partial charge on any atom is -0.369 e. The molecule has 6 nitrogen and oxygen atoms in total. The van der Waals surface area contributed by atoms with E-state index in [4.69, 9.17) is 4.74 Å².